The lowest BCUT2D eigenvalue weighted by Crippen LogP contribution is -2.19. The highest BCUT2D eigenvalue weighted by Crippen LogP contribution is 2.30. The smallest absolute Gasteiger partial charge is 0.407 e. The second-order valence-electron chi connectivity index (χ2n) is 3.41. The Morgan fingerprint density at radius 1 is 1.59 bits per heavy atom. The summed E-state index contributed by atoms with van der Waals surface area (Å²) in [5.41, 5.74) is 0.932. The Labute approximate surface area is 114 Å². The molecule has 4 nitrogen and oxygen atoms in total. The van der Waals surface area contributed by atoms with Gasteiger partial charge in [0.25, 0.3) is 0 Å². The molecule has 1 aliphatic rings. The first-order valence-electron chi connectivity index (χ1n) is 5.06. The number of carbonyl (C=O) groups is 1. The van der Waals surface area contributed by atoms with Crippen molar-refractivity contribution < 1.29 is 14.3 Å². The molecule has 1 saturated heterocycles. The van der Waals surface area contributed by atoms with E-state index in [0.717, 1.165) is 15.8 Å². The normalized spacial score (nSPS) is 18.0. The molecule has 17 heavy (non-hydrogen) atoms. The minimum atomic E-state index is -0.382. The molecule has 1 heterocycles. The molecular weight excluding hydrogens is 309 g/mol. The van der Waals surface area contributed by atoms with Crippen LogP contribution in [0.3, 0.4) is 0 Å². The maximum absolute atomic E-state index is 11.0. The van der Waals surface area contributed by atoms with Crippen LogP contribution in [0.5, 0.6) is 5.75 Å². The van der Waals surface area contributed by atoms with Crippen LogP contribution in [0.2, 0.25) is 0 Å². The summed E-state index contributed by atoms with van der Waals surface area (Å²) in [6.45, 7) is 2.86. The number of alkyl carbamates (subject to hydrolysis) is 1. The topological polar surface area (TPSA) is 47.6 Å². The van der Waals surface area contributed by atoms with Crippen molar-refractivity contribution in [2.24, 2.45) is 0 Å². The second kappa shape index (κ2) is 6.12. The van der Waals surface area contributed by atoms with Crippen LogP contribution in [-0.2, 0) is 4.74 Å². The zero-order valence-electron chi connectivity index (χ0n) is 9.23. The zero-order chi connectivity index (χ0) is 11.5. The van der Waals surface area contributed by atoms with Crippen LogP contribution in [0.15, 0.2) is 22.7 Å². The summed E-state index contributed by atoms with van der Waals surface area (Å²) >= 11 is 3.40. The Bertz CT molecular complexity index is 414. The van der Waals surface area contributed by atoms with E-state index >= 15 is 0 Å². The molecule has 1 amide bonds. The molecule has 0 saturated carbocycles. The van der Waals surface area contributed by atoms with Crippen LogP contribution in [-0.4, -0.2) is 19.3 Å². The molecule has 0 aliphatic carbocycles. The van der Waals surface area contributed by atoms with Gasteiger partial charge in [-0.3, -0.25) is 0 Å². The fourth-order valence-electron chi connectivity index (χ4n) is 1.63. The fourth-order valence-corrected chi connectivity index (χ4v) is 2.01. The highest BCUT2D eigenvalue weighted by molar-refractivity contribution is 9.10. The molecule has 1 aromatic rings. The van der Waals surface area contributed by atoms with Gasteiger partial charge < -0.3 is 14.8 Å². The summed E-state index contributed by atoms with van der Waals surface area (Å²) in [4.78, 5) is 11.0. The molecule has 1 fully saturated rings. The average molecular weight is 323 g/mol. The summed E-state index contributed by atoms with van der Waals surface area (Å²) in [6.07, 6.45) is -0.382. The number of benzene rings is 1. The predicted molar refractivity (Wildman–Crippen MR) is 69.8 cm³/mol. The number of nitrogens with one attached hydrogen (secondary N) is 1. The molecule has 0 bridgehead atoms. The molecule has 0 radical (unpaired) electrons. The van der Waals surface area contributed by atoms with Gasteiger partial charge in [-0.05, 0) is 25.1 Å². The first-order valence-corrected chi connectivity index (χ1v) is 5.85. The van der Waals surface area contributed by atoms with Crippen molar-refractivity contribution in [2.75, 3.05) is 13.2 Å². The third kappa shape index (κ3) is 3.26. The van der Waals surface area contributed by atoms with Gasteiger partial charge in [0.1, 0.15) is 12.4 Å². The highest BCUT2D eigenvalue weighted by atomic mass is 79.9. The van der Waals surface area contributed by atoms with E-state index < -0.39 is 0 Å². The Hall–Kier alpha value is -0.940. The largest absolute Gasteiger partial charge is 0.494 e. The van der Waals surface area contributed by atoms with Crippen molar-refractivity contribution in [1.29, 1.82) is 0 Å². The Morgan fingerprint density at radius 3 is 2.94 bits per heavy atom. The number of hydrogen-bond acceptors (Lipinski definition) is 3. The minimum Gasteiger partial charge on any atom is -0.494 e. The molecule has 0 unspecified atom stereocenters. The fraction of sp³-hybridized carbons (Fsp3) is 0.364. The van der Waals surface area contributed by atoms with E-state index in [1.165, 1.54) is 0 Å². The van der Waals surface area contributed by atoms with Gasteiger partial charge in [-0.15, -0.1) is 12.4 Å². The maximum Gasteiger partial charge on any atom is 0.407 e. The van der Waals surface area contributed by atoms with Crippen LogP contribution in [0.4, 0.5) is 4.79 Å². The monoisotopic (exact) mass is 321 g/mol. The number of ether oxygens (including phenoxy) is 2. The lowest BCUT2D eigenvalue weighted by atomic mass is 10.1. The number of carbonyl (C=O) groups excluding carboxylic acids is 1. The van der Waals surface area contributed by atoms with Gasteiger partial charge in [0.05, 0.1) is 12.6 Å². The van der Waals surface area contributed by atoms with Gasteiger partial charge in [0.15, 0.2) is 0 Å². The first-order chi connectivity index (χ1) is 7.70. The average Bonchev–Trinajstić information content (AvgIpc) is 2.68. The van der Waals surface area contributed by atoms with E-state index in [-0.39, 0.29) is 24.5 Å². The Morgan fingerprint density at radius 2 is 2.35 bits per heavy atom. The summed E-state index contributed by atoms with van der Waals surface area (Å²) in [5, 5.41) is 2.73. The molecular formula is C11H13BrClNO3. The van der Waals surface area contributed by atoms with Crippen molar-refractivity contribution >= 4 is 34.4 Å². The SMILES string of the molecule is CCOc1ccc(Br)cc1[C@@H]1COC(=O)N1.Cl. The minimum absolute atomic E-state index is 0. The summed E-state index contributed by atoms with van der Waals surface area (Å²) < 4.78 is 11.3. The third-order valence-corrected chi connectivity index (χ3v) is 2.81. The van der Waals surface area contributed by atoms with E-state index in [1.807, 2.05) is 25.1 Å². The summed E-state index contributed by atoms with van der Waals surface area (Å²) in [6, 6.07) is 5.59. The van der Waals surface area contributed by atoms with E-state index in [0.29, 0.717) is 13.2 Å². The van der Waals surface area contributed by atoms with Crippen LogP contribution >= 0.6 is 28.3 Å². The number of halogens is 2. The lowest BCUT2D eigenvalue weighted by molar-refractivity contribution is 0.176. The number of hydrogen-bond donors (Lipinski definition) is 1. The van der Waals surface area contributed by atoms with Crippen molar-refractivity contribution in [3.63, 3.8) is 0 Å². The van der Waals surface area contributed by atoms with E-state index in [2.05, 4.69) is 21.2 Å². The van der Waals surface area contributed by atoms with Crippen molar-refractivity contribution in [3.8, 4) is 5.75 Å². The molecule has 1 atom stereocenters. The molecule has 1 N–H and O–H groups in total. The lowest BCUT2D eigenvalue weighted by Gasteiger charge is -2.14. The Kier molecular flexibility index (Phi) is 5.08. The first kappa shape index (κ1) is 14.1. The highest BCUT2D eigenvalue weighted by Gasteiger charge is 2.26. The van der Waals surface area contributed by atoms with Gasteiger partial charge in [-0.25, -0.2) is 4.79 Å². The number of cyclic esters (lactones) is 1. The zero-order valence-corrected chi connectivity index (χ0v) is 11.6. The quantitative estimate of drug-likeness (QED) is 0.930. The second-order valence-corrected chi connectivity index (χ2v) is 4.33. The standard InChI is InChI=1S/C11H12BrNO3.ClH/c1-2-15-10-4-3-7(12)5-8(10)9-6-16-11(14)13-9;/h3-5,9H,2,6H2,1H3,(H,13,14);1H/t9-;/m0./s1. The molecule has 6 heteroatoms. The van der Waals surface area contributed by atoms with E-state index in [1.54, 1.807) is 0 Å². The molecule has 94 valence electrons. The van der Waals surface area contributed by atoms with Gasteiger partial charge in [0, 0.05) is 10.0 Å². The molecule has 1 aromatic carbocycles. The van der Waals surface area contributed by atoms with Crippen molar-refractivity contribution in [2.45, 2.75) is 13.0 Å². The summed E-state index contributed by atoms with van der Waals surface area (Å²) in [7, 11) is 0. The van der Waals surface area contributed by atoms with Gasteiger partial charge in [-0.1, -0.05) is 15.9 Å². The van der Waals surface area contributed by atoms with Crippen LogP contribution in [0.1, 0.15) is 18.5 Å². The van der Waals surface area contributed by atoms with Gasteiger partial charge >= 0.3 is 6.09 Å². The molecule has 1 aliphatic heterocycles. The van der Waals surface area contributed by atoms with Crippen molar-refractivity contribution in [3.05, 3.63) is 28.2 Å². The molecule has 0 spiro atoms. The van der Waals surface area contributed by atoms with E-state index in [9.17, 15) is 4.79 Å². The molecule has 0 aromatic heterocycles. The molecule has 2 rings (SSSR count). The third-order valence-electron chi connectivity index (χ3n) is 2.32. The maximum atomic E-state index is 11.0. The van der Waals surface area contributed by atoms with Gasteiger partial charge in [0.2, 0.25) is 0 Å². The number of rotatable bonds is 3. The van der Waals surface area contributed by atoms with Crippen LogP contribution in [0, 0.1) is 0 Å². The van der Waals surface area contributed by atoms with Crippen LogP contribution in [0.25, 0.3) is 0 Å². The van der Waals surface area contributed by atoms with Crippen molar-refractivity contribution in [1.82, 2.24) is 5.32 Å². The van der Waals surface area contributed by atoms with Crippen LogP contribution < -0.4 is 10.1 Å². The Balaban J connectivity index is 0.00000144. The van der Waals surface area contributed by atoms with Gasteiger partial charge in [-0.2, -0.15) is 0 Å². The number of amides is 1. The van der Waals surface area contributed by atoms with E-state index in [4.69, 9.17) is 9.47 Å². The summed E-state index contributed by atoms with van der Waals surface area (Å²) in [5.74, 6) is 0.779. The predicted octanol–water partition coefficient (Wildman–Crippen LogP) is 3.05.